The summed E-state index contributed by atoms with van der Waals surface area (Å²) in [7, 11) is 2.08. The number of Topliss-reactive ketones (excluding diaryl/α,β-unsaturated/α-hetero) is 1. The van der Waals surface area contributed by atoms with E-state index in [9.17, 15) is 4.79 Å². The molecular weight excluding hydrogens is 126 g/mol. The highest BCUT2D eigenvalue weighted by Crippen LogP contribution is 2.31. The summed E-state index contributed by atoms with van der Waals surface area (Å²) < 4.78 is 0. The summed E-state index contributed by atoms with van der Waals surface area (Å²) in [6, 6.07) is 1.02. The van der Waals surface area contributed by atoms with Gasteiger partial charge in [-0.15, -0.1) is 0 Å². The molecule has 2 aliphatic heterocycles. The van der Waals surface area contributed by atoms with Crippen LogP contribution in [0.4, 0.5) is 0 Å². The molecular formula is C8H13NO. The number of carbonyl (C=O) groups excluding carboxylic acids is 1. The minimum absolute atomic E-state index is 0.291. The molecule has 0 N–H and O–H groups in total. The molecule has 0 amide bonds. The molecule has 56 valence electrons. The number of hydrogen-bond acceptors (Lipinski definition) is 2. The minimum Gasteiger partial charge on any atom is -0.298 e. The van der Waals surface area contributed by atoms with E-state index in [2.05, 4.69) is 11.9 Å². The van der Waals surface area contributed by atoms with Gasteiger partial charge in [0.05, 0.1) is 6.04 Å². The molecule has 2 fully saturated rings. The summed E-state index contributed by atoms with van der Waals surface area (Å²) >= 11 is 0. The first-order valence-electron chi connectivity index (χ1n) is 4.03. The van der Waals surface area contributed by atoms with Gasteiger partial charge in [-0.25, -0.2) is 0 Å². The van der Waals surface area contributed by atoms with Gasteiger partial charge in [0, 0.05) is 12.5 Å². The van der Waals surface area contributed by atoms with E-state index in [4.69, 9.17) is 0 Å². The van der Waals surface area contributed by atoms with Crippen LogP contribution in [0.5, 0.6) is 0 Å². The molecule has 10 heavy (non-hydrogen) atoms. The predicted octanol–water partition coefficient (Wildman–Crippen LogP) is 0.812. The zero-order chi connectivity index (χ0) is 7.14. The van der Waals surface area contributed by atoms with Crippen LogP contribution in [-0.2, 0) is 4.79 Å². The summed E-state index contributed by atoms with van der Waals surface area (Å²) in [6.07, 6.45) is 4.29. The molecule has 0 spiro atoms. The number of fused-ring (bicyclic) bond motifs is 2. The molecule has 2 bridgehead atoms. The molecule has 2 rings (SSSR count). The first kappa shape index (κ1) is 6.35. The minimum atomic E-state index is 0.291. The van der Waals surface area contributed by atoms with Crippen molar-refractivity contribution in [2.24, 2.45) is 0 Å². The van der Waals surface area contributed by atoms with Crippen LogP contribution >= 0.6 is 0 Å². The molecule has 2 atom stereocenters. The maximum absolute atomic E-state index is 11.2. The average Bonchev–Trinajstić information content (AvgIpc) is 2.13. The first-order chi connectivity index (χ1) is 4.79. The summed E-state index contributed by atoms with van der Waals surface area (Å²) in [6.45, 7) is 0. The number of ketones is 1. The average molecular weight is 139 g/mol. The Labute approximate surface area is 61.2 Å². The van der Waals surface area contributed by atoms with Crippen LogP contribution in [0.15, 0.2) is 0 Å². The van der Waals surface area contributed by atoms with Gasteiger partial charge >= 0.3 is 0 Å². The smallest absolute Gasteiger partial charge is 0.150 e. The van der Waals surface area contributed by atoms with Crippen LogP contribution in [0.25, 0.3) is 0 Å². The van der Waals surface area contributed by atoms with Crippen molar-refractivity contribution in [2.45, 2.75) is 37.8 Å². The van der Waals surface area contributed by atoms with Crippen LogP contribution in [0.2, 0.25) is 0 Å². The molecule has 2 heteroatoms. The van der Waals surface area contributed by atoms with Gasteiger partial charge in [0.25, 0.3) is 0 Å². The molecule has 0 aromatic rings. The Balaban J connectivity index is 2.20. The third-order valence-corrected chi connectivity index (χ3v) is 2.94. The van der Waals surface area contributed by atoms with Gasteiger partial charge in [0.2, 0.25) is 0 Å². The molecule has 0 aliphatic carbocycles. The summed E-state index contributed by atoms with van der Waals surface area (Å²) in [5.41, 5.74) is 0. The van der Waals surface area contributed by atoms with Crippen molar-refractivity contribution in [2.75, 3.05) is 7.05 Å². The predicted molar refractivity (Wildman–Crippen MR) is 38.8 cm³/mol. The Kier molecular flexibility index (Phi) is 1.31. The van der Waals surface area contributed by atoms with E-state index in [1.54, 1.807) is 0 Å². The van der Waals surface area contributed by atoms with Crippen molar-refractivity contribution in [3.8, 4) is 0 Å². The number of hydrogen-bond donors (Lipinski definition) is 0. The fraction of sp³-hybridized carbons (Fsp3) is 0.875. The zero-order valence-electron chi connectivity index (χ0n) is 6.34. The van der Waals surface area contributed by atoms with Crippen LogP contribution in [0.3, 0.4) is 0 Å². The summed E-state index contributed by atoms with van der Waals surface area (Å²) in [4.78, 5) is 13.5. The number of rotatable bonds is 0. The molecule has 0 aromatic heterocycles. The normalized spacial score (nSPS) is 40.7. The van der Waals surface area contributed by atoms with Crippen molar-refractivity contribution in [1.29, 1.82) is 0 Å². The van der Waals surface area contributed by atoms with Gasteiger partial charge < -0.3 is 0 Å². The van der Waals surface area contributed by atoms with Crippen LogP contribution in [-0.4, -0.2) is 29.8 Å². The lowest BCUT2D eigenvalue weighted by Crippen LogP contribution is -2.42. The second-order valence-corrected chi connectivity index (χ2v) is 3.42. The van der Waals surface area contributed by atoms with Crippen molar-refractivity contribution in [3.05, 3.63) is 0 Å². The van der Waals surface area contributed by atoms with Crippen molar-refractivity contribution >= 4 is 5.78 Å². The van der Waals surface area contributed by atoms with E-state index in [0.29, 0.717) is 11.8 Å². The Hall–Kier alpha value is -0.370. The zero-order valence-corrected chi connectivity index (χ0v) is 6.34. The molecule has 2 aliphatic rings. The maximum Gasteiger partial charge on any atom is 0.150 e. The molecule has 1 unspecified atom stereocenters. The van der Waals surface area contributed by atoms with Crippen molar-refractivity contribution < 1.29 is 4.79 Å². The second kappa shape index (κ2) is 2.06. The Morgan fingerprint density at radius 1 is 1.40 bits per heavy atom. The summed E-state index contributed by atoms with van der Waals surface area (Å²) in [5, 5.41) is 0. The van der Waals surface area contributed by atoms with E-state index in [1.807, 2.05) is 0 Å². The fourth-order valence-corrected chi connectivity index (χ4v) is 2.22. The largest absolute Gasteiger partial charge is 0.298 e. The van der Waals surface area contributed by atoms with E-state index < -0.39 is 0 Å². The molecule has 0 aromatic carbocycles. The quantitative estimate of drug-likeness (QED) is 0.495. The number of carbonyl (C=O) groups is 1. The fourth-order valence-electron chi connectivity index (χ4n) is 2.22. The highest BCUT2D eigenvalue weighted by atomic mass is 16.1. The molecule has 2 nitrogen and oxygen atoms in total. The lowest BCUT2D eigenvalue weighted by molar-refractivity contribution is -0.125. The monoisotopic (exact) mass is 139 g/mol. The Morgan fingerprint density at radius 2 is 2.20 bits per heavy atom. The Bertz CT molecular complexity index is 167. The summed E-state index contributed by atoms with van der Waals surface area (Å²) in [5.74, 6) is 0.469. The number of likely N-dealkylation sites (N-methyl/N-ethyl adjacent to an activating group) is 1. The Morgan fingerprint density at radius 3 is 2.90 bits per heavy atom. The van der Waals surface area contributed by atoms with Crippen molar-refractivity contribution in [3.63, 3.8) is 0 Å². The van der Waals surface area contributed by atoms with E-state index >= 15 is 0 Å². The van der Waals surface area contributed by atoms with Gasteiger partial charge in [-0.05, 0) is 26.3 Å². The number of piperidine rings is 1. The van der Waals surface area contributed by atoms with Crippen LogP contribution in [0.1, 0.15) is 25.7 Å². The van der Waals surface area contributed by atoms with E-state index in [-0.39, 0.29) is 0 Å². The first-order valence-corrected chi connectivity index (χ1v) is 4.03. The lowest BCUT2D eigenvalue weighted by atomic mass is 10.0. The molecule has 0 radical (unpaired) electrons. The highest BCUT2D eigenvalue weighted by Gasteiger charge is 2.38. The second-order valence-electron chi connectivity index (χ2n) is 3.42. The standard InChI is InChI=1S/C8H13NO/c1-9-6-2-4-7(9)8(10)5-3-6/h6-7H,2-5H2,1H3/t6-,7?/m1/s1. The number of nitrogens with zero attached hydrogens (tertiary/aromatic N) is 1. The molecule has 0 saturated carbocycles. The van der Waals surface area contributed by atoms with Gasteiger partial charge in [-0.2, -0.15) is 0 Å². The molecule has 2 saturated heterocycles. The third kappa shape index (κ3) is 0.717. The topological polar surface area (TPSA) is 20.3 Å². The SMILES string of the molecule is CN1C2CC[C@@H]1CCC2=O. The van der Waals surface area contributed by atoms with Gasteiger partial charge in [-0.3, -0.25) is 9.69 Å². The van der Waals surface area contributed by atoms with E-state index in [0.717, 1.165) is 25.3 Å². The third-order valence-electron chi connectivity index (χ3n) is 2.94. The van der Waals surface area contributed by atoms with Gasteiger partial charge in [0.15, 0.2) is 0 Å². The van der Waals surface area contributed by atoms with Crippen LogP contribution in [0, 0.1) is 0 Å². The van der Waals surface area contributed by atoms with Gasteiger partial charge in [0.1, 0.15) is 5.78 Å². The van der Waals surface area contributed by atoms with E-state index in [1.165, 1.54) is 6.42 Å². The van der Waals surface area contributed by atoms with Crippen LogP contribution < -0.4 is 0 Å². The van der Waals surface area contributed by atoms with Crippen molar-refractivity contribution in [1.82, 2.24) is 4.90 Å². The van der Waals surface area contributed by atoms with Gasteiger partial charge in [-0.1, -0.05) is 0 Å². The highest BCUT2D eigenvalue weighted by molar-refractivity contribution is 5.85. The maximum atomic E-state index is 11.2. The molecule has 2 heterocycles. The lowest BCUT2D eigenvalue weighted by Gasteiger charge is -2.29.